The number of benzene rings is 3. The number of anilines is 1. The molecule has 0 aliphatic carbocycles. The summed E-state index contributed by atoms with van der Waals surface area (Å²) >= 11 is 0. The van der Waals surface area contributed by atoms with Crippen molar-refractivity contribution in [2.24, 2.45) is 0 Å². The molecule has 0 spiro atoms. The Morgan fingerprint density at radius 1 is 1.00 bits per heavy atom. The fourth-order valence-electron chi connectivity index (χ4n) is 3.22. The molecule has 156 valence electrons. The van der Waals surface area contributed by atoms with Crippen LogP contribution in [-0.4, -0.2) is 6.61 Å². The van der Waals surface area contributed by atoms with E-state index >= 15 is 0 Å². The fraction of sp³-hybridized carbons (Fsp3) is 0.231. The third kappa shape index (κ3) is 5.86. The van der Waals surface area contributed by atoms with Gasteiger partial charge in [-0.25, -0.2) is 4.39 Å². The van der Waals surface area contributed by atoms with Crippen LogP contribution in [-0.2, 0) is 19.6 Å². The summed E-state index contributed by atoms with van der Waals surface area (Å²) in [6, 6.07) is 18.8. The smallest absolute Gasteiger partial charge is 0.165 e. The van der Waals surface area contributed by atoms with Crippen LogP contribution in [0.5, 0.6) is 11.5 Å². The number of hydrogen-bond acceptors (Lipinski definition) is 3. The lowest BCUT2D eigenvalue weighted by molar-refractivity contribution is 0.266. The molecule has 3 aromatic rings. The Kier molecular flexibility index (Phi) is 7.50. The highest BCUT2D eigenvalue weighted by atomic mass is 19.1. The quantitative estimate of drug-likeness (QED) is 0.393. The lowest BCUT2D eigenvalue weighted by atomic mass is 10.0. The maximum Gasteiger partial charge on any atom is 0.165 e. The highest BCUT2D eigenvalue weighted by Crippen LogP contribution is 2.35. The normalized spacial score (nSPS) is 10.5. The molecule has 1 N–H and O–H groups in total. The van der Waals surface area contributed by atoms with E-state index in [0.29, 0.717) is 31.1 Å². The summed E-state index contributed by atoms with van der Waals surface area (Å²) in [4.78, 5) is 0. The lowest BCUT2D eigenvalue weighted by Crippen LogP contribution is -2.06. The van der Waals surface area contributed by atoms with E-state index in [1.54, 1.807) is 6.07 Å². The van der Waals surface area contributed by atoms with Gasteiger partial charge in [0, 0.05) is 17.8 Å². The minimum atomic E-state index is -0.273. The van der Waals surface area contributed by atoms with Crippen LogP contribution in [0.4, 0.5) is 10.1 Å². The average molecular weight is 406 g/mol. The molecule has 0 saturated carbocycles. The van der Waals surface area contributed by atoms with E-state index < -0.39 is 0 Å². The first-order chi connectivity index (χ1) is 14.6. The molecule has 0 bridgehead atoms. The van der Waals surface area contributed by atoms with Gasteiger partial charge in [0.15, 0.2) is 11.5 Å². The molecule has 0 radical (unpaired) electrons. The van der Waals surface area contributed by atoms with Crippen molar-refractivity contribution in [3.63, 3.8) is 0 Å². The van der Waals surface area contributed by atoms with E-state index in [1.165, 1.54) is 17.7 Å². The van der Waals surface area contributed by atoms with Crippen molar-refractivity contribution in [3.8, 4) is 11.5 Å². The van der Waals surface area contributed by atoms with Gasteiger partial charge >= 0.3 is 0 Å². The third-order valence-corrected chi connectivity index (χ3v) is 4.68. The second kappa shape index (κ2) is 10.5. The molecule has 0 heterocycles. The summed E-state index contributed by atoms with van der Waals surface area (Å²) in [7, 11) is 0. The van der Waals surface area contributed by atoms with Crippen molar-refractivity contribution >= 4 is 5.69 Å². The largest absolute Gasteiger partial charge is 0.490 e. The van der Waals surface area contributed by atoms with Gasteiger partial charge in [-0.05, 0) is 67.8 Å². The van der Waals surface area contributed by atoms with Gasteiger partial charge in [-0.1, -0.05) is 35.9 Å². The van der Waals surface area contributed by atoms with Crippen LogP contribution in [0.25, 0.3) is 0 Å². The van der Waals surface area contributed by atoms with Crippen LogP contribution < -0.4 is 14.8 Å². The summed E-state index contributed by atoms with van der Waals surface area (Å²) in [6.07, 6.45) is 2.49. The zero-order valence-corrected chi connectivity index (χ0v) is 17.6. The number of ether oxygens (including phenoxy) is 2. The van der Waals surface area contributed by atoms with E-state index in [2.05, 4.69) is 49.2 Å². The molecule has 0 unspecified atom stereocenters. The van der Waals surface area contributed by atoms with Crippen LogP contribution >= 0.6 is 0 Å². The predicted octanol–water partition coefficient (Wildman–Crippen LogP) is 6.45. The Balaban J connectivity index is 1.83. The number of allylic oxidation sites excluding steroid dienone is 1. The first kappa shape index (κ1) is 21.4. The van der Waals surface area contributed by atoms with E-state index in [9.17, 15) is 4.39 Å². The summed E-state index contributed by atoms with van der Waals surface area (Å²) in [5.74, 6) is 1.10. The Hall–Kier alpha value is -3.27. The number of hydrogen-bond donors (Lipinski definition) is 1. The molecule has 30 heavy (non-hydrogen) atoms. The molecule has 3 rings (SSSR count). The van der Waals surface area contributed by atoms with Gasteiger partial charge in [0.1, 0.15) is 12.4 Å². The minimum absolute atomic E-state index is 0.267. The van der Waals surface area contributed by atoms with Crippen LogP contribution in [0.3, 0.4) is 0 Å². The Morgan fingerprint density at radius 3 is 2.50 bits per heavy atom. The van der Waals surface area contributed by atoms with E-state index in [4.69, 9.17) is 9.47 Å². The molecule has 4 heteroatoms. The second-order valence-corrected chi connectivity index (χ2v) is 7.15. The van der Waals surface area contributed by atoms with Crippen molar-refractivity contribution < 1.29 is 13.9 Å². The van der Waals surface area contributed by atoms with Gasteiger partial charge in [-0.3, -0.25) is 0 Å². The minimum Gasteiger partial charge on any atom is -0.490 e. The molecule has 0 saturated heterocycles. The van der Waals surface area contributed by atoms with Crippen LogP contribution in [0.15, 0.2) is 73.3 Å². The standard InChI is InChI=1S/C26H28FNO2/c1-4-7-22-14-21(17-28-24-12-10-19(3)11-13-24)16-25(29-5-2)26(22)30-18-20-8-6-9-23(27)15-20/h4,6,8-16,28H,1,5,7,17-18H2,2-3H3. The number of halogens is 1. The predicted molar refractivity (Wildman–Crippen MR) is 121 cm³/mol. The Bertz CT molecular complexity index is 983. The summed E-state index contributed by atoms with van der Waals surface area (Å²) in [5, 5.41) is 3.45. The third-order valence-electron chi connectivity index (χ3n) is 4.68. The number of aryl methyl sites for hydroxylation is 1. The summed E-state index contributed by atoms with van der Waals surface area (Å²) < 4.78 is 25.5. The highest BCUT2D eigenvalue weighted by molar-refractivity contribution is 5.52. The van der Waals surface area contributed by atoms with Crippen LogP contribution in [0.1, 0.15) is 29.2 Å². The van der Waals surface area contributed by atoms with Crippen LogP contribution in [0.2, 0.25) is 0 Å². The van der Waals surface area contributed by atoms with Crippen molar-refractivity contribution in [3.05, 3.63) is 101 Å². The first-order valence-corrected chi connectivity index (χ1v) is 10.2. The molecular weight excluding hydrogens is 377 g/mol. The topological polar surface area (TPSA) is 30.5 Å². The molecule has 0 fully saturated rings. The fourth-order valence-corrected chi connectivity index (χ4v) is 3.22. The monoisotopic (exact) mass is 405 g/mol. The molecule has 0 atom stereocenters. The van der Waals surface area contributed by atoms with Gasteiger partial charge in [0.2, 0.25) is 0 Å². The van der Waals surface area contributed by atoms with Gasteiger partial charge < -0.3 is 14.8 Å². The van der Waals surface area contributed by atoms with E-state index in [1.807, 2.05) is 25.1 Å². The Labute approximate surface area is 178 Å². The van der Waals surface area contributed by atoms with Crippen molar-refractivity contribution in [1.29, 1.82) is 0 Å². The van der Waals surface area contributed by atoms with Gasteiger partial charge in [-0.15, -0.1) is 6.58 Å². The molecule has 0 amide bonds. The molecule has 0 aliphatic rings. The number of rotatable bonds is 10. The van der Waals surface area contributed by atoms with Gasteiger partial charge in [0.25, 0.3) is 0 Å². The van der Waals surface area contributed by atoms with Crippen molar-refractivity contribution in [2.75, 3.05) is 11.9 Å². The first-order valence-electron chi connectivity index (χ1n) is 10.2. The maximum absolute atomic E-state index is 13.5. The van der Waals surface area contributed by atoms with E-state index in [0.717, 1.165) is 22.4 Å². The van der Waals surface area contributed by atoms with Crippen molar-refractivity contribution in [2.45, 2.75) is 33.4 Å². The average Bonchev–Trinajstić information content (AvgIpc) is 2.73. The molecule has 3 aromatic carbocycles. The van der Waals surface area contributed by atoms with Crippen molar-refractivity contribution in [1.82, 2.24) is 0 Å². The van der Waals surface area contributed by atoms with Gasteiger partial charge in [0.05, 0.1) is 6.61 Å². The molecule has 3 nitrogen and oxygen atoms in total. The van der Waals surface area contributed by atoms with Gasteiger partial charge in [-0.2, -0.15) is 0 Å². The Morgan fingerprint density at radius 2 is 1.80 bits per heavy atom. The summed E-state index contributed by atoms with van der Waals surface area (Å²) in [6.45, 7) is 9.35. The maximum atomic E-state index is 13.5. The molecule has 0 aromatic heterocycles. The number of nitrogens with one attached hydrogen (secondary N) is 1. The summed E-state index contributed by atoms with van der Waals surface area (Å²) in [5.41, 5.74) is 5.15. The SMILES string of the molecule is C=CCc1cc(CNc2ccc(C)cc2)cc(OCC)c1OCc1cccc(F)c1. The molecular formula is C26H28FNO2. The zero-order chi connectivity index (χ0) is 21.3. The second-order valence-electron chi connectivity index (χ2n) is 7.15. The lowest BCUT2D eigenvalue weighted by Gasteiger charge is -2.18. The molecule has 0 aliphatic heterocycles. The van der Waals surface area contributed by atoms with E-state index in [-0.39, 0.29) is 12.4 Å². The zero-order valence-electron chi connectivity index (χ0n) is 17.6. The highest BCUT2D eigenvalue weighted by Gasteiger charge is 2.14. The van der Waals surface area contributed by atoms with Crippen LogP contribution in [0, 0.1) is 12.7 Å².